The van der Waals surface area contributed by atoms with Gasteiger partial charge in [-0.05, 0) is 42.9 Å². The Kier molecular flexibility index (Phi) is 3.02. The summed E-state index contributed by atoms with van der Waals surface area (Å²) in [5, 5.41) is 3.26. The van der Waals surface area contributed by atoms with Crippen LogP contribution in [0.3, 0.4) is 0 Å². The number of amides is 1. The molecule has 0 bridgehead atoms. The first kappa shape index (κ1) is 11.9. The second-order valence-corrected chi connectivity index (χ2v) is 6.94. The van der Waals surface area contributed by atoms with Gasteiger partial charge in [0.1, 0.15) is 0 Å². The summed E-state index contributed by atoms with van der Waals surface area (Å²) in [5.41, 5.74) is 0.394. The SMILES string of the molecule is C[C@@H]1C[C@H](NC(=O)[C@H]2C[C@H]2C)CC(C)(C)C1. The molecule has 2 aliphatic rings. The lowest BCUT2D eigenvalue weighted by atomic mass is 9.70. The van der Waals surface area contributed by atoms with E-state index in [4.69, 9.17) is 0 Å². The molecule has 2 fully saturated rings. The molecular weight excluding hydrogens is 198 g/mol. The Morgan fingerprint density at radius 1 is 1.19 bits per heavy atom. The normalized spacial score (nSPS) is 41.5. The maximum absolute atomic E-state index is 11.9. The van der Waals surface area contributed by atoms with Gasteiger partial charge in [-0.2, -0.15) is 0 Å². The van der Waals surface area contributed by atoms with Crippen molar-refractivity contribution in [3.8, 4) is 0 Å². The molecule has 2 heteroatoms. The Balaban J connectivity index is 1.87. The molecule has 0 radical (unpaired) electrons. The molecular formula is C14H25NO. The van der Waals surface area contributed by atoms with Crippen LogP contribution in [-0.4, -0.2) is 11.9 Å². The van der Waals surface area contributed by atoms with E-state index in [-0.39, 0.29) is 0 Å². The van der Waals surface area contributed by atoms with Crippen molar-refractivity contribution >= 4 is 5.91 Å². The molecule has 0 aromatic rings. The molecule has 0 spiro atoms. The van der Waals surface area contributed by atoms with Crippen LogP contribution in [0.1, 0.15) is 53.4 Å². The summed E-state index contributed by atoms with van der Waals surface area (Å²) < 4.78 is 0. The topological polar surface area (TPSA) is 29.1 Å². The van der Waals surface area contributed by atoms with E-state index in [0.717, 1.165) is 25.2 Å². The third-order valence-corrected chi connectivity index (χ3v) is 4.18. The first-order valence-corrected chi connectivity index (χ1v) is 6.68. The number of carbonyl (C=O) groups excluding carboxylic acids is 1. The van der Waals surface area contributed by atoms with Gasteiger partial charge in [-0.25, -0.2) is 0 Å². The number of hydrogen-bond acceptors (Lipinski definition) is 1. The molecule has 0 saturated heterocycles. The van der Waals surface area contributed by atoms with Crippen LogP contribution >= 0.6 is 0 Å². The van der Waals surface area contributed by atoms with Crippen molar-refractivity contribution in [1.29, 1.82) is 0 Å². The van der Waals surface area contributed by atoms with Crippen molar-refractivity contribution in [2.75, 3.05) is 0 Å². The van der Waals surface area contributed by atoms with Gasteiger partial charge in [0.05, 0.1) is 0 Å². The van der Waals surface area contributed by atoms with Gasteiger partial charge in [0, 0.05) is 12.0 Å². The van der Waals surface area contributed by atoms with Crippen molar-refractivity contribution in [3.63, 3.8) is 0 Å². The van der Waals surface area contributed by atoms with Gasteiger partial charge in [0.15, 0.2) is 0 Å². The second-order valence-electron chi connectivity index (χ2n) is 6.94. The van der Waals surface area contributed by atoms with Gasteiger partial charge >= 0.3 is 0 Å². The van der Waals surface area contributed by atoms with Gasteiger partial charge in [0.2, 0.25) is 5.91 Å². The highest BCUT2D eigenvalue weighted by molar-refractivity contribution is 5.81. The third kappa shape index (κ3) is 2.78. The lowest BCUT2D eigenvalue weighted by Crippen LogP contribution is -2.43. The number of rotatable bonds is 2. The number of carbonyl (C=O) groups is 1. The Morgan fingerprint density at radius 2 is 1.81 bits per heavy atom. The van der Waals surface area contributed by atoms with Crippen LogP contribution in [0.25, 0.3) is 0 Å². The lowest BCUT2D eigenvalue weighted by molar-refractivity contribution is -0.123. The van der Waals surface area contributed by atoms with Gasteiger partial charge < -0.3 is 5.32 Å². The van der Waals surface area contributed by atoms with E-state index < -0.39 is 0 Å². The first-order chi connectivity index (χ1) is 7.37. The van der Waals surface area contributed by atoms with E-state index in [1.165, 1.54) is 6.42 Å². The van der Waals surface area contributed by atoms with E-state index in [1.807, 2.05) is 0 Å². The predicted octanol–water partition coefficient (Wildman–Crippen LogP) is 2.97. The fourth-order valence-electron chi connectivity index (χ4n) is 3.45. The summed E-state index contributed by atoms with van der Waals surface area (Å²) >= 11 is 0. The zero-order valence-electron chi connectivity index (χ0n) is 11.0. The maximum atomic E-state index is 11.9. The van der Waals surface area contributed by atoms with Crippen molar-refractivity contribution < 1.29 is 4.79 Å². The Morgan fingerprint density at radius 3 is 2.31 bits per heavy atom. The molecule has 2 aliphatic carbocycles. The standard InChI is InChI=1S/C14H25NO/c1-9-5-11(8-14(3,4)7-9)15-13(16)12-6-10(12)2/h9-12H,5-8H2,1-4H3,(H,15,16)/t9-,10-,11+,12+/m1/s1. The highest BCUT2D eigenvalue weighted by Gasteiger charge is 2.41. The monoisotopic (exact) mass is 223 g/mol. The summed E-state index contributed by atoms with van der Waals surface area (Å²) in [6, 6.07) is 0.416. The quantitative estimate of drug-likeness (QED) is 0.766. The highest BCUT2D eigenvalue weighted by Crippen LogP contribution is 2.40. The molecule has 2 saturated carbocycles. The minimum Gasteiger partial charge on any atom is -0.353 e. The number of hydrogen-bond donors (Lipinski definition) is 1. The Hall–Kier alpha value is -0.530. The van der Waals surface area contributed by atoms with E-state index in [0.29, 0.717) is 29.2 Å². The summed E-state index contributed by atoms with van der Waals surface area (Å²) in [5.74, 6) is 1.99. The predicted molar refractivity (Wildman–Crippen MR) is 66.0 cm³/mol. The van der Waals surface area contributed by atoms with E-state index in [9.17, 15) is 4.79 Å². The van der Waals surface area contributed by atoms with Crippen LogP contribution in [0.2, 0.25) is 0 Å². The van der Waals surface area contributed by atoms with Crippen molar-refractivity contribution in [2.24, 2.45) is 23.2 Å². The lowest BCUT2D eigenvalue weighted by Gasteiger charge is -2.39. The summed E-state index contributed by atoms with van der Waals surface area (Å²) in [6.07, 6.45) is 4.69. The fraction of sp³-hybridized carbons (Fsp3) is 0.929. The van der Waals surface area contributed by atoms with Crippen LogP contribution in [0, 0.1) is 23.2 Å². The largest absolute Gasteiger partial charge is 0.353 e. The smallest absolute Gasteiger partial charge is 0.223 e. The molecule has 1 N–H and O–H groups in total. The van der Waals surface area contributed by atoms with Gasteiger partial charge in [-0.15, -0.1) is 0 Å². The molecule has 2 rings (SSSR count). The maximum Gasteiger partial charge on any atom is 0.223 e. The zero-order valence-corrected chi connectivity index (χ0v) is 11.0. The molecule has 0 aromatic carbocycles. The van der Waals surface area contributed by atoms with E-state index >= 15 is 0 Å². The fourth-order valence-corrected chi connectivity index (χ4v) is 3.45. The molecule has 4 atom stereocenters. The molecule has 0 aromatic heterocycles. The number of nitrogens with one attached hydrogen (secondary N) is 1. The Labute approximate surface area is 99.2 Å². The van der Waals surface area contributed by atoms with Gasteiger partial charge in [0.25, 0.3) is 0 Å². The van der Waals surface area contributed by atoms with Crippen molar-refractivity contribution in [1.82, 2.24) is 5.32 Å². The minimum absolute atomic E-state index is 0.308. The molecule has 1 amide bonds. The van der Waals surface area contributed by atoms with Gasteiger partial charge in [-0.3, -0.25) is 4.79 Å². The highest BCUT2D eigenvalue weighted by atomic mass is 16.2. The van der Waals surface area contributed by atoms with E-state index in [2.05, 4.69) is 33.0 Å². The van der Waals surface area contributed by atoms with Crippen molar-refractivity contribution in [3.05, 3.63) is 0 Å². The van der Waals surface area contributed by atoms with Crippen LogP contribution < -0.4 is 5.32 Å². The molecule has 2 nitrogen and oxygen atoms in total. The van der Waals surface area contributed by atoms with Crippen molar-refractivity contribution in [2.45, 2.75) is 59.4 Å². The van der Waals surface area contributed by atoms with Crippen LogP contribution in [0.5, 0.6) is 0 Å². The summed E-state index contributed by atoms with van der Waals surface area (Å²) in [7, 11) is 0. The second kappa shape index (κ2) is 4.05. The first-order valence-electron chi connectivity index (χ1n) is 6.68. The Bertz CT molecular complexity index is 284. The van der Waals surface area contributed by atoms with Crippen LogP contribution in [0.15, 0.2) is 0 Å². The molecule has 0 heterocycles. The average Bonchev–Trinajstić information content (AvgIpc) is 2.78. The summed E-state index contributed by atoms with van der Waals surface area (Å²) in [6.45, 7) is 9.11. The molecule has 16 heavy (non-hydrogen) atoms. The zero-order chi connectivity index (χ0) is 11.9. The average molecular weight is 223 g/mol. The van der Waals surface area contributed by atoms with Crippen LogP contribution in [0.4, 0.5) is 0 Å². The molecule has 0 aliphatic heterocycles. The third-order valence-electron chi connectivity index (χ3n) is 4.18. The molecule has 92 valence electrons. The summed E-state index contributed by atoms with van der Waals surface area (Å²) in [4.78, 5) is 11.9. The van der Waals surface area contributed by atoms with Gasteiger partial charge in [-0.1, -0.05) is 27.7 Å². The minimum atomic E-state index is 0.308. The molecule has 0 unspecified atom stereocenters. The van der Waals surface area contributed by atoms with Crippen LogP contribution in [-0.2, 0) is 4.79 Å². The van der Waals surface area contributed by atoms with E-state index in [1.54, 1.807) is 0 Å².